The number of hydrogen-bond donors (Lipinski definition) is 1. The first-order valence-electron chi connectivity index (χ1n) is 8.84. The number of hydrogen-bond acceptors (Lipinski definition) is 5. The molecule has 0 atom stereocenters. The van der Waals surface area contributed by atoms with Gasteiger partial charge in [0.15, 0.2) is 0 Å². The van der Waals surface area contributed by atoms with Crippen molar-refractivity contribution in [2.24, 2.45) is 0 Å². The van der Waals surface area contributed by atoms with Crippen molar-refractivity contribution < 1.29 is 19.4 Å². The zero-order valence-electron chi connectivity index (χ0n) is 16.4. The molecule has 28 heavy (non-hydrogen) atoms. The zero-order valence-corrected chi connectivity index (χ0v) is 16.4. The molecule has 2 rings (SSSR count). The van der Waals surface area contributed by atoms with Crippen molar-refractivity contribution in [1.29, 1.82) is 5.26 Å². The van der Waals surface area contributed by atoms with Crippen LogP contribution in [0, 0.1) is 11.3 Å². The standard InChI is InChI=1S/C21H23N3O4/c1-5-24(20(27)28-21(2,3)4)13-14-8-17(12-23-11-14)18-9-15(19(25)26)6-7-16(18)10-22/h6-9,11-12H,5,13H2,1-4H3,(H,25,26). The third-order valence-corrected chi connectivity index (χ3v) is 3.90. The van der Waals surface area contributed by atoms with Gasteiger partial charge < -0.3 is 14.7 Å². The van der Waals surface area contributed by atoms with E-state index in [0.29, 0.717) is 23.2 Å². The van der Waals surface area contributed by atoms with Gasteiger partial charge in [0.2, 0.25) is 0 Å². The van der Waals surface area contributed by atoms with E-state index in [1.165, 1.54) is 18.2 Å². The van der Waals surface area contributed by atoms with Crippen LogP contribution in [0.4, 0.5) is 4.79 Å². The predicted octanol–water partition coefficient (Wildman–Crippen LogP) is 4.08. The molecule has 0 radical (unpaired) electrons. The van der Waals surface area contributed by atoms with Gasteiger partial charge >= 0.3 is 12.1 Å². The highest BCUT2D eigenvalue weighted by Gasteiger charge is 2.21. The quantitative estimate of drug-likeness (QED) is 0.837. The average molecular weight is 381 g/mol. The zero-order chi connectivity index (χ0) is 20.9. The second-order valence-corrected chi connectivity index (χ2v) is 7.25. The summed E-state index contributed by atoms with van der Waals surface area (Å²) < 4.78 is 5.41. The summed E-state index contributed by atoms with van der Waals surface area (Å²) in [4.78, 5) is 29.4. The number of amides is 1. The van der Waals surface area contributed by atoms with Gasteiger partial charge in [-0.1, -0.05) is 0 Å². The SMILES string of the molecule is CCN(Cc1cncc(-c2cc(C(=O)O)ccc2C#N)c1)C(=O)OC(C)(C)C. The lowest BCUT2D eigenvalue weighted by atomic mass is 9.98. The molecule has 7 nitrogen and oxygen atoms in total. The van der Waals surface area contributed by atoms with Gasteiger partial charge in [-0.15, -0.1) is 0 Å². The van der Waals surface area contributed by atoms with E-state index >= 15 is 0 Å². The van der Waals surface area contributed by atoms with Crippen LogP contribution in [0.2, 0.25) is 0 Å². The Morgan fingerprint density at radius 3 is 2.54 bits per heavy atom. The summed E-state index contributed by atoms with van der Waals surface area (Å²) in [6.07, 6.45) is 2.77. The van der Waals surface area contributed by atoms with Crippen LogP contribution < -0.4 is 0 Å². The summed E-state index contributed by atoms with van der Waals surface area (Å²) in [6, 6.07) is 8.18. The summed E-state index contributed by atoms with van der Waals surface area (Å²) in [7, 11) is 0. The Labute approximate surface area is 164 Å². The van der Waals surface area contributed by atoms with E-state index in [1.54, 1.807) is 44.1 Å². The molecule has 0 bridgehead atoms. The first-order valence-corrected chi connectivity index (χ1v) is 8.84. The third-order valence-electron chi connectivity index (χ3n) is 3.90. The second kappa shape index (κ2) is 8.53. The molecule has 0 aliphatic rings. The summed E-state index contributed by atoms with van der Waals surface area (Å²) in [5.41, 5.74) is 1.68. The van der Waals surface area contributed by atoms with Crippen molar-refractivity contribution in [3.63, 3.8) is 0 Å². The van der Waals surface area contributed by atoms with Crippen molar-refractivity contribution >= 4 is 12.1 Å². The van der Waals surface area contributed by atoms with Crippen LogP contribution in [0.25, 0.3) is 11.1 Å². The van der Waals surface area contributed by atoms with Gasteiger partial charge in [-0.05, 0) is 57.5 Å². The van der Waals surface area contributed by atoms with E-state index < -0.39 is 17.7 Å². The summed E-state index contributed by atoms with van der Waals surface area (Å²) in [5.74, 6) is -1.07. The van der Waals surface area contributed by atoms with Crippen molar-refractivity contribution in [2.45, 2.75) is 39.8 Å². The third kappa shape index (κ3) is 5.30. The lowest BCUT2D eigenvalue weighted by Gasteiger charge is -2.26. The van der Waals surface area contributed by atoms with Crippen LogP contribution >= 0.6 is 0 Å². The number of pyridine rings is 1. The molecule has 0 fully saturated rings. The fourth-order valence-electron chi connectivity index (χ4n) is 2.59. The molecule has 0 saturated carbocycles. The number of ether oxygens (including phenoxy) is 1. The molecular weight excluding hydrogens is 358 g/mol. The number of aromatic nitrogens is 1. The Hall–Kier alpha value is -3.40. The molecular formula is C21H23N3O4. The van der Waals surface area contributed by atoms with Gasteiger partial charge in [-0.3, -0.25) is 4.98 Å². The number of carboxylic acid groups (broad SMARTS) is 1. The normalized spacial score (nSPS) is 10.8. The maximum atomic E-state index is 12.3. The molecule has 0 spiro atoms. The van der Waals surface area contributed by atoms with Gasteiger partial charge in [0.25, 0.3) is 0 Å². The Kier molecular flexibility index (Phi) is 6.37. The van der Waals surface area contributed by atoms with Crippen LogP contribution in [0.3, 0.4) is 0 Å². The molecule has 0 saturated heterocycles. The summed E-state index contributed by atoms with van der Waals surface area (Å²) in [6.45, 7) is 8.01. The largest absolute Gasteiger partial charge is 0.478 e. The molecule has 1 aromatic carbocycles. The Bertz CT molecular complexity index is 926. The number of benzene rings is 1. The lowest BCUT2D eigenvalue weighted by Crippen LogP contribution is -2.36. The first kappa shape index (κ1) is 20.9. The first-order chi connectivity index (χ1) is 13.1. The van der Waals surface area contributed by atoms with Crippen molar-refractivity contribution in [3.8, 4) is 17.2 Å². The predicted molar refractivity (Wildman–Crippen MR) is 104 cm³/mol. The van der Waals surface area contributed by atoms with E-state index in [0.717, 1.165) is 5.56 Å². The summed E-state index contributed by atoms with van der Waals surface area (Å²) >= 11 is 0. The van der Waals surface area contributed by atoms with Crippen molar-refractivity contribution in [1.82, 2.24) is 9.88 Å². The maximum absolute atomic E-state index is 12.3. The van der Waals surface area contributed by atoms with Gasteiger partial charge in [0.1, 0.15) is 5.60 Å². The average Bonchev–Trinajstić information content (AvgIpc) is 2.64. The molecule has 1 N–H and O–H groups in total. The van der Waals surface area contributed by atoms with E-state index in [1.807, 2.05) is 6.92 Å². The summed E-state index contributed by atoms with van der Waals surface area (Å²) in [5, 5.41) is 18.6. The van der Waals surface area contributed by atoms with Crippen LogP contribution in [0.5, 0.6) is 0 Å². The van der Waals surface area contributed by atoms with Gasteiger partial charge in [-0.2, -0.15) is 5.26 Å². The highest BCUT2D eigenvalue weighted by molar-refractivity contribution is 5.90. The topological polar surface area (TPSA) is 104 Å². The van der Waals surface area contributed by atoms with Gasteiger partial charge in [0, 0.05) is 30.1 Å². The van der Waals surface area contributed by atoms with E-state index in [4.69, 9.17) is 4.74 Å². The minimum atomic E-state index is -1.07. The molecule has 146 valence electrons. The molecule has 0 aliphatic heterocycles. The Balaban J connectivity index is 2.34. The minimum absolute atomic E-state index is 0.0864. The number of nitriles is 1. The van der Waals surface area contributed by atoms with Crippen LogP contribution in [-0.2, 0) is 11.3 Å². The van der Waals surface area contributed by atoms with Crippen LogP contribution in [0.1, 0.15) is 49.2 Å². The monoisotopic (exact) mass is 381 g/mol. The lowest BCUT2D eigenvalue weighted by molar-refractivity contribution is 0.0244. The number of aromatic carboxylic acids is 1. The van der Waals surface area contributed by atoms with Crippen LogP contribution in [-0.4, -0.2) is 39.2 Å². The maximum Gasteiger partial charge on any atom is 0.410 e. The van der Waals surface area contributed by atoms with Crippen LogP contribution in [0.15, 0.2) is 36.7 Å². The van der Waals surface area contributed by atoms with E-state index in [9.17, 15) is 20.0 Å². The molecule has 7 heteroatoms. The minimum Gasteiger partial charge on any atom is -0.478 e. The highest BCUT2D eigenvalue weighted by atomic mass is 16.6. The van der Waals surface area contributed by atoms with Crippen molar-refractivity contribution in [3.05, 3.63) is 53.3 Å². The fraction of sp³-hybridized carbons (Fsp3) is 0.333. The number of carbonyl (C=O) groups is 2. The Morgan fingerprint density at radius 1 is 1.25 bits per heavy atom. The number of carboxylic acids is 1. The molecule has 2 aromatic rings. The smallest absolute Gasteiger partial charge is 0.410 e. The fourth-order valence-corrected chi connectivity index (χ4v) is 2.59. The number of carbonyl (C=O) groups excluding carboxylic acids is 1. The van der Waals surface area contributed by atoms with E-state index in [-0.39, 0.29) is 12.1 Å². The van der Waals surface area contributed by atoms with Crippen molar-refractivity contribution in [2.75, 3.05) is 6.54 Å². The van der Waals surface area contributed by atoms with Gasteiger partial charge in [-0.25, -0.2) is 9.59 Å². The van der Waals surface area contributed by atoms with E-state index in [2.05, 4.69) is 11.1 Å². The second-order valence-electron chi connectivity index (χ2n) is 7.25. The van der Waals surface area contributed by atoms with Gasteiger partial charge in [0.05, 0.1) is 23.7 Å². The molecule has 0 aliphatic carbocycles. The number of rotatable bonds is 5. The molecule has 0 unspecified atom stereocenters. The Morgan fingerprint density at radius 2 is 1.96 bits per heavy atom. The highest BCUT2D eigenvalue weighted by Crippen LogP contribution is 2.25. The molecule has 1 amide bonds. The molecule has 1 heterocycles. The number of nitrogens with zero attached hydrogens (tertiary/aromatic N) is 3. The molecule has 1 aromatic heterocycles.